The summed E-state index contributed by atoms with van der Waals surface area (Å²) in [5, 5.41) is 6.79. The number of aliphatic imine (C=N–C) groups is 1. The second-order valence-electron chi connectivity index (χ2n) is 7.42. The molecule has 0 bridgehead atoms. The lowest BCUT2D eigenvalue weighted by atomic mass is 10.2. The lowest BCUT2D eigenvalue weighted by Crippen LogP contribution is -2.41. The molecule has 1 atom stereocenters. The van der Waals surface area contributed by atoms with Gasteiger partial charge in [-0.05, 0) is 67.3 Å². The molecule has 0 saturated heterocycles. The standard InChI is InChI=1S/C20H39N5O.HI/c1-8-21-20(22-12-10-13-25(16(2)3)17(4)5)23-15-18(24(6)7)19-11-9-14-26-19;/h9,11,14,16-18H,8,10,12-13,15H2,1-7H3,(H2,21,22,23);1H. The van der Waals surface area contributed by atoms with Crippen molar-refractivity contribution in [3.63, 3.8) is 0 Å². The van der Waals surface area contributed by atoms with Gasteiger partial charge in [0.15, 0.2) is 5.96 Å². The summed E-state index contributed by atoms with van der Waals surface area (Å²) in [5.74, 6) is 1.81. The van der Waals surface area contributed by atoms with Crippen LogP contribution in [0.1, 0.15) is 52.8 Å². The van der Waals surface area contributed by atoms with E-state index in [1.165, 1.54) is 0 Å². The number of halogens is 1. The average Bonchev–Trinajstić information content (AvgIpc) is 3.07. The van der Waals surface area contributed by atoms with Crippen molar-refractivity contribution in [1.82, 2.24) is 20.4 Å². The third-order valence-corrected chi connectivity index (χ3v) is 4.47. The maximum Gasteiger partial charge on any atom is 0.191 e. The smallest absolute Gasteiger partial charge is 0.191 e. The summed E-state index contributed by atoms with van der Waals surface area (Å²) in [5.41, 5.74) is 0. The number of nitrogens with zero attached hydrogens (tertiary/aromatic N) is 3. The van der Waals surface area contributed by atoms with Crippen molar-refractivity contribution in [2.24, 2.45) is 4.99 Å². The second-order valence-corrected chi connectivity index (χ2v) is 7.42. The summed E-state index contributed by atoms with van der Waals surface area (Å²) >= 11 is 0. The second kappa shape index (κ2) is 14.2. The van der Waals surface area contributed by atoms with Gasteiger partial charge in [-0.1, -0.05) is 0 Å². The van der Waals surface area contributed by atoms with Crippen molar-refractivity contribution >= 4 is 29.9 Å². The van der Waals surface area contributed by atoms with Crippen molar-refractivity contribution < 1.29 is 4.42 Å². The van der Waals surface area contributed by atoms with Crippen molar-refractivity contribution in [2.45, 2.75) is 59.2 Å². The van der Waals surface area contributed by atoms with Gasteiger partial charge in [0, 0.05) is 31.7 Å². The number of hydrogen-bond acceptors (Lipinski definition) is 4. The van der Waals surface area contributed by atoms with E-state index in [-0.39, 0.29) is 30.0 Å². The molecule has 1 heterocycles. The van der Waals surface area contributed by atoms with E-state index in [2.05, 4.69) is 69.1 Å². The molecule has 0 radical (unpaired) electrons. The molecule has 0 fully saturated rings. The Labute approximate surface area is 183 Å². The first-order chi connectivity index (χ1) is 12.4. The number of furan rings is 1. The number of rotatable bonds is 11. The molecular formula is C20H40IN5O. The van der Waals surface area contributed by atoms with Gasteiger partial charge in [0.25, 0.3) is 0 Å². The molecule has 0 spiro atoms. The van der Waals surface area contributed by atoms with Gasteiger partial charge in [-0.3, -0.25) is 14.8 Å². The van der Waals surface area contributed by atoms with E-state index in [4.69, 9.17) is 9.41 Å². The van der Waals surface area contributed by atoms with Crippen LogP contribution in [0.3, 0.4) is 0 Å². The highest BCUT2D eigenvalue weighted by molar-refractivity contribution is 14.0. The van der Waals surface area contributed by atoms with E-state index < -0.39 is 0 Å². The fraction of sp³-hybridized carbons (Fsp3) is 0.750. The highest BCUT2D eigenvalue weighted by Gasteiger charge is 2.17. The zero-order chi connectivity index (χ0) is 19.5. The molecule has 0 aliphatic heterocycles. The van der Waals surface area contributed by atoms with E-state index in [1.54, 1.807) is 6.26 Å². The van der Waals surface area contributed by atoms with E-state index in [0.29, 0.717) is 18.6 Å². The Morgan fingerprint density at radius 1 is 1.15 bits per heavy atom. The molecule has 1 aromatic heterocycles. The molecule has 7 heteroatoms. The largest absolute Gasteiger partial charge is 0.468 e. The lowest BCUT2D eigenvalue weighted by molar-refractivity contribution is 0.173. The first kappa shape index (κ1) is 26.2. The predicted molar refractivity (Wildman–Crippen MR) is 126 cm³/mol. The Balaban J connectivity index is 0.00000676. The fourth-order valence-electron chi connectivity index (χ4n) is 3.09. The van der Waals surface area contributed by atoms with E-state index in [0.717, 1.165) is 37.8 Å². The van der Waals surface area contributed by atoms with Gasteiger partial charge < -0.3 is 15.1 Å². The van der Waals surface area contributed by atoms with Crippen LogP contribution in [0, 0.1) is 0 Å². The first-order valence-corrected chi connectivity index (χ1v) is 9.84. The Hall–Kier alpha value is -0.800. The van der Waals surface area contributed by atoms with E-state index in [1.807, 2.05) is 12.1 Å². The summed E-state index contributed by atoms with van der Waals surface area (Å²) in [7, 11) is 4.10. The van der Waals surface area contributed by atoms with Crippen molar-refractivity contribution in [1.29, 1.82) is 0 Å². The summed E-state index contributed by atoms with van der Waals surface area (Å²) in [6.45, 7) is 14.6. The molecule has 0 aliphatic carbocycles. The molecule has 6 nitrogen and oxygen atoms in total. The van der Waals surface area contributed by atoms with Crippen LogP contribution in [0.5, 0.6) is 0 Å². The Bertz CT molecular complexity index is 494. The van der Waals surface area contributed by atoms with Gasteiger partial charge in [-0.15, -0.1) is 24.0 Å². The monoisotopic (exact) mass is 493 g/mol. The molecule has 0 aromatic carbocycles. The van der Waals surface area contributed by atoms with Gasteiger partial charge in [-0.25, -0.2) is 0 Å². The van der Waals surface area contributed by atoms with Gasteiger partial charge in [0.1, 0.15) is 5.76 Å². The van der Waals surface area contributed by atoms with Gasteiger partial charge in [-0.2, -0.15) is 0 Å². The van der Waals surface area contributed by atoms with Crippen LogP contribution in [0.4, 0.5) is 0 Å². The van der Waals surface area contributed by atoms with Crippen LogP contribution in [0.25, 0.3) is 0 Å². The molecule has 0 aliphatic rings. The van der Waals surface area contributed by atoms with Crippen molar-refractivity contribution in [3.8, 4) is 0 Å². The Kier molecular flexibility index (Phi) is 13.8. The van der Waals surface area contributed by atoms with Crippen LogP contribution >= 0.6 is 24.0 Å². The minimum atomic E-state index is 0. The van der Waals surface area contributed by atoms with Crippen molar-refractivity contribution in [2.75, 3.05) is 40.3 Å². The Morgan fingerprint density at radius 3 is 2.30 bits per heavy atom. The van der Waals surface area contributed by atoms with Crippen LogP contribution < -0.4 is 10.6 Å². The summed E-state index contributed by atoms with van der Waals surface area (Å²) in [6.07, 6.45) is 2.81. The average molecular weight is 493 g/mol. The molecule has 158 valence electrons. The van der Waals surface area contributed by atoms with Crippen LogP contribution in [0.15, 0.2) is 27.8 Å². The number of likely N-dealkylation sites (N-methyl/N-ethyl adjacent to an activating group) is 1. The predicted octanol–water partition coefficient (Wildman–Crippen LogP) is 3.56. The van der Waals surface area contributed by atoms with Gasteiger partial charge >= 0.3 is 0 Å². The molecule has 0 saturated carbocycles. The van der Waals surface area contributed by atoms with Crippen LogP contribution in [-0.2, 0) is 0 Å². The molecule has 1 unspecified atom stereocenters. The minimum absolute atomic E-state index is 0. The van der Waals surface area contributed by atoms with E-state index >= 15 is 0 Å². The summed E-state index contributed by atoms with van der Waals surface area (Å²) in [6, 6.07) is 5.22. The maximum absolute atomic E-state index is 5.56. The summed E-state index contributed by atoms with van der Waals surface area (Å²) < 4.78 is 5.56. The maximum atomic E-state index is 5.56. The fourth-order valence-corrected chi connectivity index (χ4v) is 3.09. The normalized spacial score (nSPS) is 13.4. The van der Waals surface area contributed by atoms with Gasteiger partial charge in [0.05, 0.1) is 18.8 Å². The third-order valence-electron chi connectivity index (χ3n) is 4.47. The quantitative estimate of drug-likeness (QED) is 0.214. The minimum Gasteiger partial charge on any atom is -0.468 e. The molecule has 0 amide bonds. The van der Waals surface area contributed by atoms with E-state index in [9.17, 15) is 0 Å². The molecule has 1 rings (SSSR count). The molecule has 2 N–H and O–H groups in total. The molecular weight excluding hydrogens is 453 g/mol. The zero-order valence-electron chi connectivity index (χ0n) is 18.2. The number of hydrogen-bond donors (Lipinski definition) is 2. The van der Waals surface area contributed by atoms with Crippen LogP contribution in [-0.4, -0.2) is 68.1 Å². The third kappa shape index (κ3) is 9.80. The first-order valence-electron chi connectivity index (χ1n) is 9.84. The van der Waals surface area contributed by atoms with Crippen molar-refractivity contribution in [3.05, 3.63) is 24.2 Å². The van der Waals surface area contributed by atoms with Gasteiger partial charge in [0.2, 0.25) is 0 Å². The highest BCUT2D eigenvalue weighted by atomic mass is 127. The number of guanidine groups is 1. The van der Waals surface area contributed by atoms with Crippen LogP contribution in [0.2, 0.25) is 0 Å². The lowest BCUT2D eigenvalue weighted by Gasteiger charge is -2.30. The SMILES string of the molecule is CCNC(=NCC(c1ccco1)N(C)C)NCCCN(C(C)C)C(C)C.I. The topological polar surface area (TPSA) is 56.0 Å². The zero-order valence-corrected chi connectivity index (χ0v) is 20.5. The summed E-state index contributed by atoms with van der Waals surface area (Å²) in [4.78, 5) is 9.41. The molecule has 1 aromatic rings. The number of nitrogens with one attached hydrogen (secondary N) is 2. The highest BCUT2D eigenvalue weighted by Crippen LogP contribution is 2.18. The Morgan fingerprint density at radius 2 is 1.81 bits per heavy atom. The molecule has 27 heavy (non-hydrogen) atoms.